The average Bonchev–Trinajstić information content (AvgIpc) is 2.38. The van der Waals surface area contributed by atoms with Crippen molar-refractivity contribution in [1.29, 1.82) is 0 Å². The van der Waals surface area contributed by atoms with E-state index in [1.54, 1.807) is 12.1 Å². The first-order chi connectivity index (χ1) is 8.69. The van der Waals surface area contributed by atoms with Crippen molar-refractivity contribution in [2.75, 3.05) is 0 Å². The molecule has 0 aliphatic carbocycles. The smallest absolute Gasteiger partial charge is 0.166 e. The van der Waals surface area contributed by atoms with E-state index in [-0.39, 0.29) is 12.4 Å². The molecule has 0 aliphatic heterocycles. The zero-order valence-corrected chi connectivity index (χ0v) is 11.2. The van der Waals surface area contributed by atoms with Gasteiger partial charge in [-0.25, -0.2) is 4.39 Å². The molecule has 0 spiro atoms. The predicted octanol–water partition coefficient (Wildman–Crippen LogP) is 3.66. The molecule has 0 atom stereocenters. The van der Waals surface area contributed by atoms with Gasteiger partial charge in [-0.3, -0.25) is 0 Å². The monoisotopic (exact) mass is 310 g/mol. The number of rotatable bonds is 4. The Hall–Kier alpha value is -1.39. The van der Waals surface area contributed by atoms with E-state index in [0.717, 1.165) is 11.1 Å². The van der Waals surface area contributed by atoms with Gasteiger partial charge < -0.3 is 9.84 Å². The maximum Gasteiger partial charge on any atom is 0.166 e. The Kier molecular flexibility index (Phi) is 4.33. The highest BCUT2D eigenvalue weighted by Crippen LogP contribution is 2.22. The molecule has 18 heavy (non-hydrogen) atoms. The molecule has 0 saturated carbocycles. The molecule has 0 fully saturated rings. The first-order valence-corrected chi connectivity index (χ1v) is 6.25. The molecule has 0 heterocycles. The van der Waals surface area contributed by atoms with Crippen molar-refractivity contribution >= 4 is 15.9 Å². The number of ether oxygens (including phenoxy) is 1. The van der Waals surface area contributed by atoms with Crippen molar-refractivity contribution in [1.82, 2.24) is 0 Å². The molecule has 94 valence electrons. The van der Waals surface area contributed by atoms with Crippen LogP contribution in [0.3, 0.4) is 0 Å². The zero-order valence-electron chi connectivity index (χ0n) is 9.57. The van der Waals surface area contributed by atoms with Crippen molar-refractivity contribution in [3.8, 4) is 5.75 Å². The molecule has 0 radical (unpaired) electrons. The molecule has 2 nitrogen and oxygen atoms in total. The van der Waals surface area contributed by atoms with Gasteiger partial charge in [0, 0.05) is 4.47 Å². The molecule has 1 N–H and O–H groups in total. The summed E-state index contributed by atoms with van der Waals surface area (Å²) < 4.78 is 19.6. The third-order valence-electron chi connectivity index (χ3n) is 2.49. The molecule has 0 amide bonds. The van der Waals surface area contributed by atoms with E-state index in [2.05, 4.69) is 15.9 Å². The number of hydrogen-bond acceptors (Lipinski definition) is 2. The highest BCUT2D eigenvalue weighted by Gasteiger charge is 2.04. The lowest BCUT2D eigenvalue weighted by atomic mass is 10.1. The lowest BCUT2D eigenvalue weighted by Crippen LogP contribution is -1.97. The van der Waals surface area contributed by atoms with E-state index in [0.29, 0.717) is 11.1 Å². The van der Waals surface area contributed by atoms with Crippen molar-refractivity contribution in [3.63, 3.8) is 0 Å². The lowest BCUT2D eigenvalue weighted by molar-refractivity contribution is 0.280. The summed E-state index contributed by atoms with van der Waals surface area (Å²) in [6.45, 7) is 0.312. The fourth-order valence-electron chi connectivity index (χ4n) is 1.49. The van der Waals surface area contributed by atoms with Crippen LogP contribution >= 0.6 is 15.9 Å². The van der Waals surface area contributed by atoms with Gasteiger partial charge in [-0.1, -0.05) is 40.2 Å². The number of aliphatic hydroxyl groups is 1. The fourth-order valence-corrected chi connectivity index (χ4v) is 1.83. The van der Waals surface area contributed by atoms with Crippen molar-refractivity contribution in [2.24, 2.45) is 0 Å². The minimum atomic E-state index is -0.392. The third-order valence-corrected chi connectivity index (χ3v) is 2.99. The summed E-state index contributed by atoms with van der Waals surface area (Å²) >= 11 is 3.19. The molecular weight excluding hydrogens is 299 g/mol. The quantitative estimate of drug-likeness (QED) is 0.934. The van der Waals surface area contributed by atoms with Crippen molar-refractivity contribution in [3.05, 3.63) is 63.9 Å². The lowest BCUT2D eigenvalue weighted by Gasteiger charge is -2.08. The molecule has 2 rings (SSSR count). The number of benzene rings is 2. The molecule has 2 aromatic rings. The molecule has 0 aromatic heterocycles. The van der Waals surface area contributed by atoms with Crippen LogP contribution in [0.25, 0.3) is 0 Å². The van der Waals surface area contributed by atoms with E-state index >= 15 is 0 Å². The number of hydrogen-bond donors (Lipinski definition) is 1. The Morgan fingerprint density at radius 1 is 1.06 bits per heavy atom. The Morgan fingerprint density at radius 2 is 1.72 bits per heavy atom. The van der Waals surface area contributed by atoms with E-state index in [9.17, 15) is 4.39 Å². The van der Waals surface area contributed by atoms with Crippen LogP contribution in [0.4, 0.5) is 4.39 Å². The molecule has 0 aliphatic rings. The maximum atomic E-state index is 13.5. The fraction of sp³-hybridized carbons (Fsp3) is 0.143. The van der Waals surface area contributed by atoms with Crippen LogP contribution in [-0.4, -0.2) is 5.11 Å². The first-order valence-electron chi connectivity index (χ1n) is 5.45. The van der Waals surface area contributed by atoms with Gasteiger partial charge in [0.15, 0.2) is 11.6 Å². The topological polar surface area (TPSA) is 29.5 Å². The minimum Gasteiger partial charge on any atom is -0.486 e. The summed E-state index contributed by atoms with van der Waals surface area (Å²) in [6.07, 6.45) is 0. The molecular formula is C14H12BrFO2. The second-order valence-electron chi connectivity index (χ2n) is 3.84. The van der Waals surface area contributed by atoms with E-state index in [1.807, 2.05) is 24.3 Å². The summed E-state index contributed by atoms with van der Waals surface area (Å²) in [7, 11) is 0. The van der Waals surface area contributed by atoms with Crippen LogP contribution in [0.1, 0.15) is 11.1 Å². The average molecular weight is 311 g/mol. The predicted molar refractivity (Wildman–Crippen MR) is 70.8 cm³/mol. The standard InChI is InChI=1S/C14H12BrFO2/c15-12-5-6-14(13(16)7-12)18-9-11-3-1-10(8-17)2-4-11/h1-7,17H,8-9H2. The van der Waals surface area contributed by atoms with Crippen LogP contribution in [0.2, 0.25) is 0 Å². The van der Waals surface area contributed by atoms with Gasteiger partial charge in [0.25, 0.3) is 0 Å². The van der Waals surface area contributed by atoms with Crippen LogP contribution in [0.5, 0.6) is 5.75 Å². The largest absolute Gasteiger partial charge is 0.486 e. The molecule has 0 unspecified atom stereocenters. The Balaban J connectivity index is 2.02. The summed E-state index contributed by atoms with van der Waals surface area (Å²) in [5.41, 5.74) is 1.77. The van der Waals surface area contributed by atoms with Gasteiger partial charge in [-0.2, -0.15) is 0 Å². The minimum absolute atomic E-state index is 0.0163. The van der Waals surface area contributed by atoms with Crippen molar-refractivity contribution < 1.29 is 14.2 Å². The van der Waals surface area contributed by atoms with E-state index < -0.39 is 5.82 Å². The summed E-state index contributed by atoms with van der Waals surface area (Å²) in [5.74, 6) is -0.166. The second-order valence-corrected chi connectivity index (χ2v) is 4.75. The first kappa shape index (κ1) is 13.1. The van der Waals surface area contributed by atoms with E-state index in [1.165, 1.54) is 6.07 Å². The van der Waals surface area contributed by atoms with Gasteiger partial charge in [0.1, 0.15) is 6.61 Å². The van der Waals surface area contributed by atoms with Gasteiger partial charge >= 0.3 is 0 Å². The van der Waals surface area contributed by atoms with Gasteiger partial charge in [0.2, 0.25) is 0 Å². The van der Waals surface area contributed by atoms with Crippen LogP contribution in [-0.2, 0) is 13.2 Å². The third kappa shape index (κ3) is 3.31. The Labute approximate surface area is 113 Å². The Bertz CT molecular complexity index is 526. The van der Waals surface area contributed by atoms with Gasteiger partial charge in [-0.15, -0.1) is 0 Å². The second kappa shape index (κ2) is 5.98. The normalized spacial score (nSPS) is 10.4. The van der Waals surface area contributed by atoms with Crippen LogP contribution in [0, 0.1) is 5.82 Å². The SMILES string of the molecule is OCc1ccc(COc2ccc(Br)cc2F)cc1. The maximum absolute atomic E-state index is 13.5. The Morgan fingerprint density at radius 3 is 2.33 bits per heavy atom. The highest BCUT2D eigenvalue weighted by atomic mass is 79.9. The molecule has 0 bridgehead atoms. The summed E-state index contributed by atoms with van der Waals surface area (Å²) in [5, 5.41) is 8.91. The molecule has 2 aromatic carbocycles. The summed E-state index contributed by atoms with van der Waals surface area (Å²) in [4.78, 5) is 0. The van der Waals surface area contributed by atoms with Crippen LogP contribution < -0.4 is 4.74 Å². The molecule has 4 heteroatoms. The van der Waals surface area contributed by atoms with Crippen molar-refractivity contribution in [2.45, 2.75) is 13.2 Å². The number of aliphatic hydroxyl groups excluding tert-OH is 1. The summed E-state index contributed by atoms with van der Waals surface area (Å²) in [6, 6.07) is 12.0. The van der Waals surface area contributed by atoms with Gasteiger partial charge in [-0.05, 0) is 29.3 Å². The van der Waals surface area contributed by atoms with Crippen LogP contribution in [0.15, 0.2) is 46.9 Å². The van der Waals surface area contributed by atoms with Gasteiger partial charge in [0.05, 0.1) is 6.61 Å². The number of halogens is 2. The zero-order chi connectivity index (χ0) is 13.0. The van der Waals surface area contributed by atoms with E-state index in [4.69, 9.17) is 9.84 Å². The highest BCUT2D eigenvalue weighted by molar-refractivity contribution is 9.10. The molecule has 0 saturated heterocycles.